The van der Waals surface area contributed by atoms with Crippen LogP contribution in [0, 0.1) is 24.4 Å². The smallest absolute Gasteiger partial charge is 0.162 e. The number of halogens is 3. The normalized spacial score (nSPS) is 12.4. The average Bonchev–Trinajstić information content (AvgIpc) is 2.45. The minimum Gasteiger partial charge on any atom is -0.316 e. The largest absolute Gasteiger partial charge is 0.316 e. The highest BCUT2D eigenvalue weighted by atomic mass is 19.2. The lowest BCUT2D eigenvalue weighted by atomic mass is 9.96. The summed E-state index contributed by atoms with van der Waals surface area (Å²) in [6, 6.07) is 8.77. The monoisotopic (exact) mass is 293 g/mol. The lowest BCUT2D eigenvalue weighted by molar-refractivity contribution is 0.482. The molecule has 0 bridgehead atoms. The van der Waals surface area contributed by atoms with E-state index in [9.17, 15) is 13.2 Å². The number of nitrogens with one attached hydrogen (secondary N) is 1. The van der Waals surface area contributed by atoms with Crippen molar-refractivity contribution in [2.24, 2.45) is 0 Å². The quantitative estimate of drug-likeness (QED) is 0.884. The van der Waals surface area contributed by atoms with Gasteiger partial charge in [-0.3, -0.25) is 0 Å². The highest BCUT2D eigenvalue weighted by Crippen LogP contribution is 2.17. The van der Waals surface area contributed by atoms with Crippen LogP contribution in [0.3, 0.4) is 0 Å². The topological polar surface area (TPSA) is 12.0 Å². The van der Waals surface area contributed by atoms with Crippen LogP contribution >= 0.6 is 0 Å². The molecule has 0 fully saturated rings. The first-order valence-corrected chi connectivity index (χ1v) is 6.86. The predicted octanol–water partition coefficient (Wildman–Crippen LogP) is 3.79. The first kappa shape index (κ1) is 15.6. The summed E-state index contributed by atoms with van der Waals surface area (Å²) in [6.45, 7) is 1.84. The van der Waals surface area contributed by atoms with Gasteiger partial charge in [-0.05, 0) is 61.7 Å². The van der Waals surface area contributed by atoms with E-state index in [4.69, 9.17) is 0 Å². The number of benzene rings is 2. The second kappa shape index (κ2) is 6.76. The van der Waals surface area contributed by atoms with Gasteiger partial charge in [0.2, 0.25) is 0 Å². The van der Waals surface area contributed by atoms with Gasteiger partial charge in [0.05, 0.1) is 0 Å². The molecule has 1 atom stereocenters. The Balaban J connectivity index is 2.15. The standard InChI is InChI=1S/C17H18F3N/c1-11-8-14(18)7-6-12(11)9-15(21-2)10-13-4-3-5-16(19)17(13)20/h3-8,15,21H,9-10H2,1-2H3. The van der Waals surface area contributed by atoms with Crippen molar-refractivity contribution in [2.75, 3.05) is 7.05 Å². The maximum absolute atomic E-state index is 13.7. The molecule has 1 nitrogen and oxygen atoms in total. The summed E-state index contributed by atoms with van der Waals surface area (Å²) in [7, 11) is 1.78. The Labute approximate surface area is 122 Å². The highest BCUT2D eigenvalue weighted by molar-refractivity contribution is 5.28. The van der Waals surface area contributed by atoms with Crippen molar-refractivity contribution in [1.82, 2.24) is 5.32 Å². The molecule has 1 unspecified atom stereocenters. The third-order valence-electron chi connectivity index (χ3n) is 3.68. The van der Waals surface area contributed by atoms with Crippen molar-refractivity contribution in [3.63, 3.8) is 0 Å². The molecule has 1 N–H and O–H groups in total. The first-order valence-electron chi connectivity index (χ1n) is 6.86. The van der Waals surface area contributed by atoms with Crippen molar-refractivity contribution in [1.29, 1.82) is 0 Å². The summed E-state index contributed by atoms with van der Waals surface area (Å²) in [4.78, 5) is 0. The Bertz CT molecular complexity index is 625. The van der Waals surface area contributed by atoms with Crippen LogP contribution in [0.25, 0.3) is 0 Å². The SMILES string of the molecule is CNC(Cc1ccc(F)cc1C)Cc1cccc(F)c1F. The van der Waals surface area contributed by atoms with E-state index in [1.54, 1.807) is 19.2 Å². The fraction of sp³-hybridized carbons (Fsp3) is 0.294. The van der Waals surface area contributed by atoms with Crippen LogP contribution in [0.1, 0.15) is 16.7 Å². The average molecular weight is 293 g/mol. The Morgan fingerprint density at radius 2 is 1.71 bits per heavy atom. The Hall–Kier alpha value is -1.81. The van der Waals surface area contributed by atoms with Crippen molar-refractivity contribution in [2.45, 2.75) is 25.8 Å². The van der Waals surface area contributed by atoms with Crippen molar-refractivity contribution < 1.29 is 13.2 Å². The van der Waals surface area contributed by atoms with Gasteiger partial charge in [-0.1, -0.05) is 18.2 Å². The van der Waals surface area contributed by atoms with E-state index in [1.165, 1.54) is 18.2 Å². The summed E-state index contributed by atoms with van der Waals surface area (Å²) in [6.07, 6.45) is 0.996. The van der Waals surface area contributed by atoms with Crippen molar-refractivity contribution in [3.8, 4) is 0 Å². The molecule has 21 heavy (non-hydrogen) atoms. The number of rotatable bonds is 5. The van der Waals surface area contributed by atoms with E-state index in [2.05, 4.69) is 5.32 Å². The summed E-state index contributed by atoms with van der Waals surface area (Å²) < 4.78 is 40.1. The molecule has 0 heterocycles. The molecule has 2 aromatic carbocycles. The maximum atomic E-state index is 13.7. The second-order valence-corrected chi connectivity index (χ2v) is 5.18. The molecule has 2 aromatic rings. The predicted molar refractivity (Wildman–Crippen MR) is 77.8 cm³/mol. The number of hydrogen-bond donors (Lipinski definition) is 1. The summed E-state index contributed by atoms with van der Waals surface area (Å²) in [5.74, 6) is -1.90. The third-order valence-corrected chi connectivity index (χ3v) is 3.68. The van der Waals surface area contributed by atoms with Gasteiger partial charge in [-0.15, -0.1) is 0 Å². The van der Waals surface area contributed by atoms with E-state index in [0.717, 1.165) is 17.2 Å². The first-order chi connectivity index (χ1) is 10.0. The van der Waals surface area contributed by atoms with Crippen LogP contribution in [-0.4, -0.2) is 13.1 Å². The van der Waals surface area contributed by atoms with E-state index < -0.39 is 11.6 Å². The Morgan fingerprint density at radius 1 is 1.00 bits per heavy atom. The van der Waals surface area contributed by atoms with E-state index in [-0.39, 0.29) is 11.9 Å². The molecule has 2 rings (SSSR count). The zero-order valence-corrected chi connectivity index (χ0v) is 12.1. The fourth-order valence-electron chi connectivity index (χ4n) is 2.40. The third kappa shape index (κ3) is 3.85. The van der Waals surface area contributed by atoms with E-state index >= 15 is 0 Å². The molecule has 0 aliphatic heterocycles. The molecule has 0 radical (unpaired) electrons. The zero-order chi connectivity index (χ0) is 15.4. The summed E-state index contributed by atoms with van der Waals surface area (Å²) in [5.41, 5.74) is 2.19. The molecule has 0 aromatic heterocycles. The second-order valence-electron chi connectivity index (χ2n) is 5.18. The van der Waals surface area contributed by atoms with E-state index in [0.29, 0.717) is 18.4 Å². The molecule has 0 spiro atoms. The highest BCUT2D eigenvalue weighted by Gasteiger charge is 2.14. The Morgan fingerprint density at radius 3 is 2.38 bits per heavy atom. The lowest BCUT2D eigenvalue weighted by Crippen LogP contribution is -2.30. The van der Waals surface area contributed by atoms with Crippen molar-refractivity contribution >= 4 is 0 Å². The minimum absolute atomic E-state index is 0.0505. The van der Waals surface area contributed by atoms with Gasteiger partial charge in [0.25, 0.3) is 0 Å². The van der Waals surface area contributed by atoms with E-state index in [1.807, 2.05) is 6.92 Å². The van der Waals surface area contributed by atoms with Crippen LogP contribution in [0.2, 0.25) is 0 Å². The Kier molecular flexibility index (Phi) is 5.02. The lowest BCUT2D eigenvalue weighted by Gasteiger charge is -2.18. The van der Waals surface area contributed by atoms with Crippen LogP contribution in [0.5, 0.6) is 0 Å². The van der Waals surface area contributed by atoms with Gasteiger partial charge in [-0.2, -0.15) is 0 Å². The molecule has 0 aliphatic rings. The van der Waals surface area contributed by atoms with Crippen LogP contribution in [0.4, 0.5) is 13.2 Å². The molecule has 0 aliphatic carbocycles. The fourth-order valence-corrected chi connectivity index (χ4v) is 2.40. The molecular formula is C17H18F3N. The zero-order valence-electron chi connectivity index (χ0n) is 12.1. The van der Waals surface area contributed by atoms with Crippen molar-refractivity contribution in [3.05, 3.63) is 70.5 Å². The van der Waals surface area contributed by atoms with Crippen LogP contribution in [0.15, 0.2) is 36.4 Å². The van der Waals surface area contributed by atoms with Gasteiger partial charge in [0, 0.05) is 6.04 Å². The number of likely N-dealkylation sites (N-methyl/N-ethyl adjacent to an activating group) is 1. The molecule has 0 saturated heterocycles. The van der Waals surface area contributed by atoms with Gasteiger partial charge in [0.15, 0.2) is 11.6 Å². The molecule has 4 heteroatoms. The molecule has 112 valence electrons. The van der Waals surface area contributed by atoms with Gasteiger partial charge in [-0.25, -0.2) is 13.2 Å². The van der Waals surface area contributed by atoms with Crippen LogP contribution < -0.4 is 5.32 Å². The number of aryl methyl sites for hydroxylation is 1. The van der Waals surface area contributed by atoms with Gasteiger partial charge in [0.1, 0.15) is 5.82 Å². The summed E-state index contributed by atoms with van der Waals surface area (Å²) >= 11 is 0. The maximum Gasteiger partial charge on any atom is 0.162 e. The minimum atomic E-state index is -0.833. The molecular weight excluding hydrogens is 275 g/mol. The molecule has 0 saturated carbocycles. The summed E-state index contributed by atoms with van der Waals surface area (Å²) in [5, 5.41) is 3.10. The number of hydrogen-bond acceptors (Lipinski definition) is 1. The van der Waals surface area contributed by atoms with Crippen LogP contribution in [-0.2, 0) is 12.8 Å². The molecule has 0 amide bonds. The van der Waals surface area contributed by atoms with Gasteiger partial charge < -0.3 is 5.32 Å². The van der Waals surface area contributed by atoms with Gasteiger partial charge >= 0.3 is 0 Å².